The summed E-state index contributed by atoms with van der Waals surface area (Å²) in [5.41, 5.74) is 0.913. The molecular formula is C16H24N2O3. The number of carbonyl (C=O) groups excluding carboxylic acids is 1. The van der Waals surface area contributed by atoms with E-state index in [4.69, 9.17) is 9.47 Å². The van der Waals surface area contributed by atoms with E-state index < -0.39 is 0 Å². The summed E-state index contributed by atoms with van der Waals surface area (Å²) in [6, 6.07) is 7.95. The lowest BCUT2D eigenvalue weighted by atomic mass is 10.1. The van der Waals surface area contributed by atoms with Crippen LogP contribution in [0.25, 0.3) is 0 Å². The molecule has 0 bridgehead atoms. The van der Waals surface area contributed by atoms with Gasteiger partial charge in [0.2, 0.25) is 5.91 Å². The van der Waals surface area contributed by atoms with Gasteiger partial charge in [-0.15, -0.1) is 0 Å². The summed E-state index contributed by atoms with van der Waals surface area (Å²) in [5, 5.41) is 3.00. The minimum absolute atomic E-state index is 0.0274. The number of hydrogen-bond acceptors (Lipinski definition) is 4. The highest BCUT2D eigenvalue weighted by Gasteiger charge is 2.17. The number of benzene rings is 1. The highest BCUT2D eigenvalue weighted by Crippen LogP contribution is 2.17. The Bertz CT molecular complexity index is 459. The maximum Gasteiger partial charge on any atom is 0.224 e. The number of rotatable bonds is 6. The van der Waals surface area contributed by atoms with Gasteiger partial charge in [-0.3, -0.25) is 9.69 Å². The number of hydrogen-bond donors (Lipinski definition) is 1. The van der Waals surface area contributed by atoms with Gasteiger partial charge in [0.1, 0.15) is 5.75 Å². The molecule has 1 heterocycles. The van der Waals surface area contributed by atoms with Gasteiger partial charge in [-0.1, -0.05) is 18.2 Å². The number of nitrogens with zero attached hydrogens (tertiary/aromatic N) is 1. The highest BCUT2D eigenvalue weighted by atomic mass is 16.5. The van der Waals surface area contributed by atoms with Gasteiger partial charge in [-0.2, -0.15) is 0 Å². The molecule has 116 valence electrons. The van der Waals surface area contributed by atoms with Crippen LogP contribution in [0.1, 0.15) is 12.5 Å². The summed E-state index contributed by atoms with van der Waals surface area (Å²) in [7, 11) is 1.62. The predicted molar refractivity (Wildman–Crippen MR) is 81.6 cm³/mol. The van der Waals surface area contributed by atoms with Gasteiger partial charge < -0.3 is 14.8 Å². The quantitative estimate of drug-likeness (QED) is 0.852. The second-order valence-electron chi connectivity index (χ2n) is 5.29. The first kappa shape index (κ1) is 15.8. The summed E-state index contributed by atoms with van der Waals surface area (Å²) in [4.78, 5) is 14.4. The zero-order chi connectivity index (χ0) is 15.1. The number of methoxy groups -OCH3 is 1. The van der Waals surface area contributed by atoms with Crippen molar-refractivity contribution < 1.29 is 14.3 Å². The van der Waals surface area contributed by atoms with Crippen molar-refractivity contribution in [1.82, 2.24) is 10.2 Å². The number of nitrogens with one attached hydrogen (secondary N) is 1. The van der Waals surface area contributed by atoms with Gasteiger partial charge in [-0.25, -0.2) is 0 Å². The molecule has 1 aliphatic heterocycles. The smallest absolute Gasteiger partial charge is 0.224 e. The van der Waals surface area contributed by atoms with E-state index in [2.05, 4.69) is 17.1 Å². The molecule has 5 heteroatoms. The average Bonchev–Trinajstić information content (AvgIpc) is 2.54. The van der Waals surface area contributed by atoms with E-state index in [1.165, 1.54) is 0 Å². The molecule has 1 aliphatic rings. The van der Waals surface area contributed by atoms with Crippen LogP contribution in [0.3, 0.4) is 0 Å². The Balaban J connectivity index is 1.79. The van der Waals surface area contributed by atoms with Crippen LogP contribution in [0.5, 0.6) is 5.75 Å². The SMILES string of the molecule is COc1ccccc1CC(=O)NCC(C)N1CCOCC1. The fourth-order valence-corrected chi connectivity index (χ4v) is 2.49. The molecule has 0 aliphatic carbocycles. The second-order valence-corrected chi connectivity index (χ2v) is 5.29. The molecular weight excluding hydrogens is 268 g/mol. The third-order valence-electron chi connectivity index (χ3n) is 3.81. The summed E-state index contributed by atoms with van der Waals surface area (Å²) >= 11 is 0. The lowest BCUT2D eigenvalue weighted by Crippen LogP contribution is -2.47. The maximum absolute atomic E-state index is 12.1. The molecule has 21 heavy (non-hydrogen) atoms. The number of carbonyl (C=O) groups is 1. The fourth-order valence-electron chi connectivity index (χ4n) is 2.49. The molecule has 1 saturated heterocycles. The molecule has 0 spiro atoms. The van der Waals surface area contributed by atoms with Crippen LogP contribution in [0.15, 0.2) is 24.3 Å². The topological polar surface area (TPSA) is 50.8 Å². The van der Waals surface area contributed by atoms with Crippen LogP contribution >= 0.6 is 0 Å². The Morgan fingerprint density at radius 2 is 2.10 bits per heavy atom. The van der Waals surface area contributed by atoms with Crippen molar-refractivity contribution in [2.45, 2.75) is 19.4 Å². The van der Waals surface area contributed by atoms with Crippen LogP contribution in [-0.4, -0.2) is 56.8 Å². The van der Waals surface area contributed by atoms with Crippen molar-refractivity contribution >= 4 is 5.91 Å². The molecule has 1 unspecified atom stereocenters. The zero-order valence-electron chi connectivity index (χ0n) is 12.8. The van der Waals surface area contributed by atoms with Crippen LogP contribution in [-0.2, 0) is 16.0 Å². The van der Waals surface area contributed by atoms with Gasteiger partial charge in [0.25, 0.3) is 0 Å². The molecule has 0 saturated carbocycles. The van der Waals surface area contributed by atoms with Crippen molar-refractivity contribution in [2.75, 3.05) is 40.0 Å². The Kier molecular flexibility index (Phi) is 6.02. The van der Waals surface area contributed by atoms with E-state index in [1.54, 1.807) is 7.11 Å². The predicted octanol–water partition coefficient (Wildman–Crippen LogP) is 1.07. The summed E-state index contributed by atoms with van der Waals surface area (Å²) in [6.07, 6.45) is 0.347. The van der Waals surface area contributed by atoms with Crippen molar-refractivity contribution in [1.29, 1.82) is 0 Å². The van der Waals surface area contributed by atoms with E-state index in [0.29, 0.717) is 19.0 Å². The van der Waals surface area contributed by atoms with Crippen LogP contribution in [0, 0.1) is 0 Å². The van der Waals surface area contributed by atoms with Crippen molar-refractivity contribution in [3.8, 4) is 5.75 Å². The minimum Gasteiger partial charge on any atom is -0.496 e. The zero-order valence-corrected chi connectivity index (χ0v) is 12.8. The molecule has 1 aromatic carbocycles. The Labute approximate surface area is 126 Å². The average molecular weight is 292 g/mol. The van der Waals surface area contributed by atoms with Gasteiger partial charge >= 0.3 is 0 Å². The lowest BCUT2D eigenvalue weighted by Gasteiger charge is -2.32. The first-order valence-electron chi connectivity index (χ1n) is 7.41. The third kappa shape index (κ3) is 4.72. The summed E-state index contributed by atoms with van der Waals surface area (Å²) in [5.74, 6) is 0.786. The third-order valence-corrected chi connectivity index (χ3v) is 3.81. The largest absolute Gasteiger partial charge is 0.496 e. The van der Waals surface area contributed by atoms with Crippen molar-refractivity contribution in [2.24, 2.45) is 0 Å². The highest BCUT2D eigenvalue weighted by molar-refractivity contribution is 5.79. The van der Waals surface area contributed by atoms with Crippen LogP contribution in [0.4, 0.5) is 0 Å². The Morgan fingerprint density at radius 1 is 1.38 bits per heavy atom. The van der Waals surface area contributed by atoms with Gasteiger partial charge in [-0.05, 0) is 13.0 Å². The van der Waals surface area contributed by atoms with E-state index in [-0.39, 0.29) is 5.91 Å². The molecule has 1 fully saturated rings. The van der Waals surface area contributed by atoms with Gasteiger partial charge in [0.15, 0.2) is 0 Å². The molecule has 0 aromatic heterocycles. The molecule has 2 rings (SSSR count). The van der Waals surface area contributed by atoms with Gasteiger partial charge in [0, 0.05) is 31.2 Å². The van der Waals surface area contributed by atoms with Crippen LogP contribution < -0.4 is 10.1 Å². The Morgan fingerprint density at radius 3 is 2.81 bits per heavy atom. The molecule has 5 nitrogen and oxygen atoms in total. The minimum atomic E-state index is 0.0274. The van der Waals surface area contributed by atoms with Crippen molar-refractivity contribution in [3.63, 3.8) is 0 Å². The molecule has 0 radical (unpaired) electrons. The molecule has 1 atom stereocenters. The maximum atomic E-state index is 12.1. The summed E-state index contributed by atoms with van der Waals surface area (Å²) < 4.78 is 10.6. The first-order chi connectivity index (χ1) is 10.2. The van der Waals surface area contributed by atoms with E-state index in [0.717, 1.165) is 37.6 Å². The van der Waals surface area contributed by atoms with Crippen molar-refractivity contribution in [3.05, 3.63) is 29.8 Å². The number of ether oxygens (including phenoxy) is 2. The number of para-hydroxylation sites is 1. The normalized spacial score (nSPS) is 17.2. The number of morpholine rings is 1. The molecule has 1 amide bonds. The fraction of sp³-hybridized carbons (Fsp3) is 0.562. The second kappa shape index (κ2) is 8.00. The standard InChI is InChI=1S/C16H24N2O3/c1-13(18-7-9-21-10-8-18)12-17-16(19)11-14-5-3-4-6-15(14)20-2/h3-6,13H,7-12H2,1-2H3,(H,17,19). The summed E-state index contributed by atoms with van der Waals surface area (Å²) in [6.45, 7) is 6.22. The van der Waals surface area contributed by atoms with Crippen LogP contribution in [0.2, 0.25) is 0 Å². The monoisotopic (exact) mass is 292 g/mol. The number of amides is 1. The first-order valence-corrected chi connectivity index (χ1v) is 7.41. The Hall–Kier alpha value is -1.59. The van der Waals surface area contributed by atoms with E-state index in [9.17, 15) is 4.79 Å². The van der Waals surface area contributed by atoms with E-state index >= 15 is 0 Å². The van der Waals surface area contributed by atoms with E-state index in [1.807, 2.05) is 24.3 Å². The van der Waals surface area contributed by atoms with Gasteiger partial charge in [0.05, 0.1) is 26.7 Å². The lowest BCUT2D eigenvalue weighted by molar-refractivity contribution is -0.120. The molecule has 1 N–H and O–H groups in total. The molecule has 1 aromatic rings.